The van der Waals surface area contributed by atoms with E-state index in [0.29, 0.717) is 5.69 Å². The van der Waals surface area contributed by atoms with Gasteiger partial charge >= 0.3 is 0 Å². The molecule has 1 saturated heterocycles. The van der Waals surface area contributed by atoms with Gasteiger partial charge in [0.1, 0.15) is 0 Å². The average molecular weight is 453 g/mol. The topological polar surface area (TPSA) is 50.3 Å². The number of amides is 2. The van der Waals surface area contributed by atoms with Crippen LogP contribution in [0.1, 0.15) is 12.0 Å². The van der Waals surface area contributed by atoms with Crippen molar-refractivity contribution in [3.05, 3.63) is 65.2 Å². The molecule has 1 saturated carbocycles. The number of hydrogen-bond donors (Lipinski definition) is 0. The summed E-state index contributed by atoms with van der Waals surface area (Å²) in [4.78, 5) is 32.2. The van der Waals surface area contributed by atoms with Gasteiger partial charge < -0.3 is 0 Å². The molecule has 4 atom stereocenters. The number of nitrogens with zero attached hydrogens (tertiary/aromatic N) is 2. The molecule has 2 amide bonds. The summed E-state index contributed by atoms with van der Waals surface area (Å²) < 4.78 is 1.92. The molecule has 4 nitrogen and oxygen atoms in total. The van der Waals surface area contributed by atoms with Gasteiger partial charge in [-0.1, -0.05) is 53.7 Å². The summed E-state index contributed by atoms with van der Waals surface area (Å²) in [6.45, 7) is 0. The number of allylic oxidation sites excluding steroid dienone is 2. The van der Waals surface area contributed by atoms with E-state index in [9.17, 15) is 9.59 Å². The zero-order valence-corrected chi connectivity index (χ0v) is 18.2. The molecule has 150 valence electrons. The summed E-state index contributed by atoms with van der Waals surface area (Å²) in [5.74, 6) is 0.757. The van der Waals surface area contributed by atoms with E-state index in [1.165, 1.54) is 4.90 Å². The average Bonchev–Trinajstić information content (AvgIpc) is 3.50. The number of carbonyl (C=O) groups is 2. The van der Waals surface area contributed by atoms with Crippen LogP contribution in [0.2, 0.25) is 5.02 Å². The van der Waals surface area contributed by atoms with Crippen LogP contribution < -0.4 is 4.90 Å². The molecule has 0 radical (unpaired) electrons. The first-order valence-corrected chi connectivity index (χ1v) is 12.1. The first kappa shape index (κ1) is 18.6. The molecule has 0 N–H and O–H groups in total. The lowest BCUT2D eigenvalue weighted by atomic mass is 9.85. The van der Waals surface area contributed by atoms with Gasteiger partial charge in [-0.2, -0.15) is 0 Å². The Morgan fingerprint density at radius 1 is 1.07 bits per heavy atom. The molecule has 2 aromatic carbocycles. The van der Waals surface area contributed by atoms with Crippen LogP contribution in [0.5, 0.6) is 0 Å². The van der Waals surface area contributed by atoms with E-state index in [1.54, 1.807) is 23.1 Å². The molecule has 3 aliphatic rings. The predicted molar refractivity (Wildman–Crippen MR) is 121 cm³/mol. The molecular weight excluding hydrogens is 436 g/mol. The summed E-state index contributed by atoms with van der Waals surface area (Å²) >= 11 is 9.47. The molecular formula is C23H17ClN2O2S2. The number of anilines is 1. The number of aromatic nitrogens is 1. The minimum absolute atomic E-state index is 0.0426. The third kappa shape index (κ3) is 2.77. The lowest BCUT2D eigenvalue weighted by Crippen LogP contribution is -2.32. The Labute approximate surface area is 186 Å². The second-order valence-electron chi connectivity index (χ2n) is 8.02. The van der Waals surface area contributed by atoms with E-state index in [0.717, 1.165) is 37.3 Å². The minimum Gasteiger partial charge on any atom is -0.274 e. The highest BCUT2D eigenvalue weighted by Gasteiger charge is 2.59. The van der Waals surface area contributed by atoms with Gasteiger partial charge in [0.25, 0.3) is 0 Å². The Morgan fingerprint density at radius 3 is 2.53 bits per heavy atom. The molecule has 2 bridgehead atoms. The van der Waals surface area contributed by atoms with Gasteiger partial charge in [-0.15, -0.1) is 11.3 Å². The fraction of sp³-hybridized carbons (Fsp3) is 0.261. The second-order valence-corrected chi connectivity index (χ2v) is 10.7. The number of fused-ring (bicyclic) bond motifs is 6. The maximum absolute atomic E-state index is 13.1. The number of halogens is 1. The summed E-state index contributed by atoms with van der Waals surface area (Å²) in [5.41, 5.74) is 2.62. The SMILES string of the molecule is O=C1[C@@H]2[C@@H](C(=O)N1c1ccc3nc(SCc4ccccc4Cl)sc3c1)[C@H]1C=C[C@H]2C1. The van der Waals surface area contributed by atoms with Gasteiger partial charge in [0.05, 0.1) is 27.7 Å². The Bertz CT molecular complexity index is 1210. The quantitative estimate of drug-likeness (QED) is 0.295. The zero-order chi connectivity index (χ0) is 20.4. The standard InChI is InChI=1S/C23H17ClN2O2S2/c24-16-4-2-1-3-14(16)11-29-23-25-17-8-7-15(10-18(17)30-23)26-21(27)19-12-5-6-13(9-12)20(19)22(26)28/h1-8,10,12-13,19-20H,9,11H2/t12-,13-,19-,20-/m0/s1. The van der Waals surface area contributed by atoms with Gasteiger partial charge in [-0.05, 0) is 48.1 Å². The number of imide groups is 1. The lowest BCUT2D eigenvalue weighted by molar-refractivity contribution is -0.123. The summed E-state index contributed by atoms with van der Waals surface area (Å²) in [6.07, 6.45) is 5.19. The number of benzene rings is 2. The maximum Gasteiger partial charge on any atom is 0.238 e. The number of thiazole rings is 1. The molecule has 1 aliphatic heterocycles. The van der Waals surface area contributed by atoms with Gasteiger partial charge in [-0.3, -0.25) is 9.59 Å². The highest BCUT2D eigenvalue weighted by atomic mass is 35.5. The van der Waals surface area contributed by atoms with Crippen LogP contribution in [-0.2, 0) is 15.3 Å². The van der Waals surface area contributed by atoms with Crippen molar-refractivity contribution in [3.63, 3.8) is 0 Å². The van der Waals surface area contributed by atoms with E-state index in [4.69, 9.17) is 16.6 Å². The van der Waals surface area contributed by atoms with E-state index >= 15 is 0 Å². The molecule has 0 spiro atoms. The van der Waals surface area contributed by atoms with Crippen LogP contribution in [-0.4, -0.2) is 16.8 Å². The summed E-state index contributed by atoms with van der Waals surface area (Å²) in [7, 11) is 0. The molecule has 30 heavy (non-hydrogen) atoms. The first-order valence-electron chi connectivity index (χ1n) is 9.93. The first-order chi connectivity index (χ1) is 14.6. The highest BCUT2D eigenvalue weighted by Crippen LogP contribution is 2.53. The van der Waals surface area contributed by atoms with Crippen molar-refractivity contribution in [2.24, 2.45) is 23.7 Å². The zero-order valence-electron chi connectivity index (χ0n) is 15.8. The third-order valence-corrected chi connectivity index (χ3v) is 8.97. The molecule has 2 aliphatic carbocycles. The number of carbonyl (C=O) groups excluding carboxylic acids is 2. The molecule has 0 unspecified atom stereocenters. The van der Waals surface area contributed by atoms with Crippen molar-refractivity contribution in [1.29, 1.82) is 0 Å². The van der Waals surface area contributed by atoms with Gasteiger partial charge in [0.2, 0.25) is 11.8 Å². The van der Waals surface area contributed by atoms with Gasteiger partial charge in [0, 0.05) is 10.8 Å². The van der Waals surface area contributed by atoms with Crippen LogP contribution in [0.15, 0.2) is 59.0 Å². The number of rotatable bonds is 4. The van der Waals surface area contributed by atoms with Crippen LogP contribution in [0.4, 0.5) is 5.69 Å². The Morgan fingerprint density at radius 2 is 1.80 bits per heavy atom. The number of thioether (sulfide) groups is 1. The van der Waals surface area contributed by atoms with E-state index in [2.05, 4.69) is 12.2 Å². The van der Waals surface area contributed by atoms with Crippen molar-refractivity contribution in [2.45, 2.75) is 16.5 Å². The lowest BCUT2D eigenvalue weighted by Gasteiger charge is -2.17. The molecule has 2 heterocycles. The molecule has 6 rings (SSSR count). The van der Waals surface area contributed by atoms with Crippen molar-refractivity contribution in [3.8, 4) is 0 Å². The van der Waals surface area contributed by atoms with Crippen molar-refractivity contribution in [2.75, 3.05) is 4.90 Å². The minimum atomic E-state index is -0.175. The van der Waals surface area contributed by atoms with Crippen LogP contribution >= 0.6 is 34.7 Å². The maximum atomic E-state index is 13.1. The predicted octanol–water partition coefficient (Wildman–Crippen LogP) is 5.55. The summed E-state index contributed by atoms with van der Waals surface area (Å²) in [6, 6.07) is 13.5. The van der Waals surface area contributed by atoms with Crippen LogP contribution in [0.3, 0.4) is 0 Å². The monoisotopic (exact) mass is 452 g/mol. The third-order valence-electron chi connectivity index (χ3n) is 6.39. The fourth-order valence-electron chi connectivity index (χ4n) is 5.00. The Balaban J connectivity index is 1.26. The molecule has 3 aromatic rings. The summed E-state index contributed by atoms with van der Waals surface area (Å²) in [5, 5.41) is 0.758. The van der Waals surface area contributed by atoms with Crippen LogP contribution in [0.25, 0.3) is 10.2 Å². The second kappa shape index (κ2) is 6.94. The van der Waals surface area contributed by atoms with Gasteiger partial charge in [-0.25, -0.2) is 9.88 Å². The molecule has 1 aromatic heterocycles. The normalized spacial score (nSPS) is 26.9. The Hall–Kier alpha value is -2.15. The van der Waals surface area contributed by atoms with Gasteiger partial charge in [0.15, 0.2) is 4.34 Å². The highest BCUT2D eigenvalue weighted by molar-refractivity contribution is 8.00. The van der Waals surface area contributed by atoms with E-state index in [-0.39, 0.29) is 35.5 Å². The smallest absolute Gasteiger partial charge is 0.238 e. The van der Waals surface area contributed by atoms with Crippen LogP contribution in [0, 0.1) is 23.7 Å². The molecule has 7 heteroatoms. The molecule has 2 fully saturated rings. The largest absolute Gasteiger partial charge is 0.274 e. The number of hydrogen-bond acceptors (Lipinski definition) is 5. The van der Waals surface area contributed by atoms with Crippen molar-refractivity contribution >= 4 is 62.4 Å². The van der Waals surface area contributed by atoms with E-state index < -0.39 is 0 Å². The van der Waals surface area contributed by atoms with Crippen molar-refractivity contribution in [1.82, 2.24) is 4.98 Å². The van der Waals surface area contributed by atoms with Crippen molar-refractivity contribution < 1.29 is 9.59 Å². The Kier molecular flexibility index (Phi) is 4.30. The van der Waals surface area contributed by atoms with E-state index in [1.807, 2.05) is 42.5 Å². The fourth-order valence-corrected chi connectivity index (χ4v) is 7.39.